The lowest BCUT2D eigenvalue weighted by atomic mass is 10.2. The Labute approximate surface area is 120 Å². The number of carbonyl (C=O) groups excluding carboxylic acids is 1. The number of amides is 1. The molecule has 2 heterocycles. The molecule has 0 bridgehead atoms. The maximum atomic E-state index is 12.0. The summed E-state index contributed by atoms with van der Waals surface area (Å²) in [6.45, 7) is 0.930. The van der Waals surface area contributed by atoms with E-state index in [-0.39, 0.29) is 11.9 Å². The molecule has 104 valence electrons. The van der Waals surface area contributed by atoms with Gasteiger partial charge in [0.25, 0.3) is 11.7 Å². The number of hydrogen-bond donors (Lipinski definition) is 2. The molecule has 7 heteroatoms. The summed E-state index contributed by atoms with van der Waals surface area (Å²) in [6.07, 6.45) is 2.01. The van der Waals surface area contributed by atoms with Gasteiger partial charge in [-0.1, -0.05) is 16.8 Å². The first-order valence-electron chi connectivity index (χ1n) is 6.36. The van der Waals surface area contributed by atoms with E-state index < -0.39 is 5.91 Å². The summed E-state index contributed by atoms with van der Waals surface area (Å²) in [5.74, 6) is 0.0905. The van der Waals surface area contributed by atoms with Gasteiger partial charge in [-0.3, -0.25) is 4.79 Å². The Morgan fingerprint density at radius 1 is 1.40 bits per heavy atom. The van der Waals surface area contributed by atoms with Crippen LogP contribution in [0.15, 0.2) is 28.8 Å². The van der Waals surface area contributed by atoms with E-state index in [0.29, 0.717) is 16.6 Å². The van der Waals surface area contributed by atoms with Crippen LogP contribution >= 0.6 is 11.6 Å². The fourth-order valence-electron chi connectivity index (χ4n) is 2.08. The SMILES string of the molecule is O=C(Nc1ccc(Cl)cc1)c1noc(C2CCCN2)n1. The van der Waals surface area contributed by atoms with Crippen molar-refractivity contribution >= 4 is 23.2 Å². The molecule has 0 radical (unpaired) electrons. The molecule has 20 heavy (non-hydrogen) atoms. The number of anilines is 1. The van der Waals surface area contributed by atoms with Crippen molar-refractivity contribution in [1.82, 2.24) is 15.5 Å². The van der Waals surface area contributed by atoms with E-state index in [1.165, 1.54) is 0 Å². The van der Waals surface area contributed by atoms with Gasteiger partial charge in [-0.2, -0.15) is 4.98 Å². The molecule has 6 nitrogen and oxygen atoms in total. The predicted molar refractivity (Wildman–Crippen MR) is 73.7 cm³/mol. The highest BCUT2D eigenvalue weighted by Crippen LogP contribution is 2.21. The van der Waals surface area contributed by atoms with E-state index in [2.05, 4.69) is 20.8 Å². The van der Waals surface area contributed by atoms with Crippen molar-refractivity contribution in [2.24, 2.45) is 0 Å². The Bertz CT molecular complexity index is 605. The van der Waals surface area contributed by atoms with Gasteiger partial charge in [0.2, 0.25) is 5.89 Å². The standard InChI is InChI=1S/C13H13ClN4O2/c14-8-3-5-9(6-4-8)16-12(19)11-17-13(20-18-11)10-2-1-7-15-10/h3-6,10,15H,1-2,7H2,(H,16,19). The van der Waals surface area contributed by atoms with Gasteiger partial charge in [0.05, 0.1) is 6.04 Å². The Kier molecular flexibility index (Phi) is 3.66. The van der Waals surface area contributed by atoms with E-state index in [1.54, 1.807) is 24.3 Å². The molecule has 1 fully saturated rings. The quantitative estimate of drug-likeness (QED) is 0.908. The minimum Gasteiger partial charge on any atom is -0.337 e. The van der Waals surface area contributed by atoms with Crippen LogP contribution in [0.25, 0.3) is 0 Å². The number of carbonyl (C=O) groups is 1. The summed E-state index contributed by atoms with van der Waals surface area (Å²) in [6, 6.07) is 6.86. The van der Waals surface area contributed by atoms with Gasteiger partial charge in [0.15, 0.2) is 0 Å². The van der Waals surface area contributed by atoms with Gasteiger partial charge < -0.3 is 15.2 Å². The summed E-state index contributed by atoms with van der Waals surface area (Å²) in [7, 11) is 0. The zero-order chi connectivity index (χ0) is 13.9. The molecule has 1 aromatic heterocycles. The first kappa shape index (κ1) is 13.1. The van der Waals surface area contributed by atoms with Gasteiger partial charge in [-0.05, 0) is 43.7 Å². The molecule has 1 atom stereocenters. The van der Waals surface area contributed by atoms with Crippen molar-refractivity contribution in [3.05, 3.63) is 41.0 Å². The lowest BCUT2D eigenvalue weighted by molar-refractivity contribution is 0.101. The molecule has 0 saturated carbocycles. The Balaban J connectivity index is 1.69. The second-order valence-corrected chi connectivity index (χ2v) is 5.00. The van der Waals surface area contributed by atoms with Gasteiger partial charge >= 0.3 is 0 Å². The highest BCUT2D eigenvalue weighted by molar-refractivity contribution is 6.30. The van der Waals surface area contributed by atoms with Crippen LogP contribution in [0.5, 0.6) is 0 Å². The molecule has 2 aromatic rings. The van der Waals surface area contributed by atoms with Crippen LogP contribution in [0.4, 0.5) is 5.69 Å². The lowest BCUT2D eigenvalue weighted by Crippen LogP contribution is -2.15. The van der Waals surface area contributed by atoms with Crippen LogP contribution in [-0.4, -0.2) is 22.6 Å². The fourth-order valence-corrected chi connectivity index (χ4v) is 2.21. The highest BCUT2D eigenvalue weighted by atomic mass is 35.5. The first-order valence-corrected chi connectivity index (χ1v) is 6.74. The third kappa shape index (κ3) is 2.81. The zero-order valence-corrected chi connectivity index (χ0v) is 11.4. The number of benzene rings is 1. The number of nitrogens with one attached hydrogen (secondary N) is 2. The maximum Gasteiger partial charge on any atom is 0.297 e. The summed E-state index contributed by atoms with van der Waals surface area (Å²) < 4.78 is 5.12. The first-order chi connectivity index (χ1) is 9.72. The number of hydrogen-bond acceptors (Lipinski definition) is 5. The van der Waals surface area contributed by atoms with Crippen LogP contribution in [0, 0.1) is 0 Å². The Morgan fingerprint density at radius 2 is 2.20 bits per heavy atom. The van der Waals surface area contributed by atoms with Gasteiger partial charge in [0.1, 0.15) is 0 Å². The molecule has 1 unspecified atom stereocenters. The normalized spacial score (nSPS) is 18.1. The second kappa shape index (κ2) is 5.60. The smallest absolute Gasteiger partial charge is 0.297 e. The molecule has 1 amide bonds. The van der Waals surface area contributed by atoms with Crippen molar-refractivity contribution in [2.75, 3.05) is 11.9 Å². The van der Waals surface area contributed by atoms with Gasteiger partial charge in [-0.15, -0.1) is 0 Å². The minimum atomic E-state index is -0.402. The molecule has 1 aliphatic rings. The molecule has 3 rings (SSSR count). The van der Waals surface area contributed by atoms with E-state index in [1.807, 2.05) is 0 Å². The Hall–Kier alpha value is -1.92. The van der Waals surface area contributed by atoms with Crippen molar-refractivity contribution in [3.8, 4) is 0 Å². The number of rotatable bonds is 3. The third-order valence-electron chi connectivity index (χ3n) is 3.11. The molecule has 1 saturated heterocycles. The molecule has 0 aliphatic carbocycles. The Morgan fingerprint density at radius 3 is 2.90 bits per heavy atom. The van der Waals surface area contributed by atoms with Crippen molar-refractivity contribution in [3.63, 3.8) is 0 Å². The van der Waals surface area contributed by atoms with E-state index >= 15 is 0 Å². The number of halogens is 1. The van der Waals surface area contributed by atoms with Crippen molar-refractivity contribution < 1.29 is 9.32 Å². The summed E-state index contributed by atoms with van der Waals surface area (Å²) in [5, 5.41) is 10.2. The second-order valence-electron chi connectivity index (χ2n) is 4.57. The highest BCUT2D eigenvalue weighted by Gasteiger charge is 2.24. The van der Waals surface area contributed by atoms with Crippen LogP contribution in [0.3, 0.4) is 0 Å². The monoisotopic (exact) mass is 292 g/mol. The van der Waals surface area contributed by atoms with E-state index in [4.69, 9.17) is 16.1 Å². The van der Waals surface area contributed by atoms with Crippen molar-refractivity contribution in [2.45, 2.75) is 18.9 Å². The summed E-state index contributed by atoms with van der Waals surface area (Å²) in [4.78, 5) is 16.1. The fraction of sp³-hybridized carbons (Fsp3) is 0.308. The number of aromatic nitrogens is 2. The predicted octanol–water partition coefficient (Wildman–Crippen LogP) is 2.40. The maximum absolute atomic E-state index is 12.0. The lowest BCUT2D eigenvalue weighted by Gasteiger charge is -2.02. The summed E-state index contributed by atoms with van der Waals surface area (Å²) in [5.41, 5.74) is 0.629. The third-order valence-corrected chi connectivity index (χ3v) is 3.36. The van der Waals surface area contributed by atoms with Crippen LogP contribution < -0.4 is 10.6 Å². The average molecular weight is 293 g/mol. The molecular formula is C13H13ClN4O2. The summed E-state index contributed by atoms with van der Waals surface area (Å²) >= 11 is 5.78. The van der Waals surface area contributed by atoms with E-state index in [9.17, 15) is 4.79 Å². The number of nitrogens with zero attached hydrogens (tertiary/aromatic N) is 2. The van der Waals surface area contributed by atoms with Crippen molar-refractivity contribution in [1.29, 1.82) is 0 Å². The molecule has 1 aliphatic heterocycles. The van der Waals surface area contributed by atoms with E-state index in [0.717, 1.165) is 19.4 Å². The topological polar surface area (TPSA) is 80.0 Å². The van der Waals surface area contributed by atoms with Gasteiger partial charge in [0, 0.05) is 10.7 Å². The molecule has 1 aromatic carbocycles. The minimum absolute atomic E-state index is 0.0312. The van der Waals surface area contributed by atoms with Crippen LogP contribution in [0.1, 0.15) is 35.4 Å². The van der Waals surface area contributed by atoms with Crippen LogP contribution in [-0.2, 0) is 0 Å². The zero-order valence-electron chi connectivity index (χ0n) is 10.6. The molecule has 0 spiro atoms. The molecule has 2 N–H and O–H groups in total. The molecular weight excluding hydrogens is 280 g/mol. The average Bonchev–Trinajstić information content (AvgIpc) is 3.11. The van der Waals surface area contributed by atoms with Crippen LogP contribution in [0.2, 0.25) is 5.02 Å². The largest absolute Gasteiger partial charge is 0.337 e. The van der Waals surface area contributed by atoms with Gasteiger partial charge in [-0.25, -0.2) is 0 Å².